The Morgan fingerprint density at radius 1 is 1.18 bits per heavy atom. The molecule has 2 aromatic heterocycles. The monoisotopic (exact) mass is 528 g/mol. The predicted octanol–water partition coefficient (Wildman–Crippen LogP) is 5.12. The van der Waals surface area contributed by atoms with Gasteiger partial charge >= 0.3 is 5.97 Å². The molecule has 1 fully saturated rings. The number of piperidine rings is 1. The molecule has 0 aliphatic carbocycles. The lowest BCUT2D eigenvalue weighted by Crippen LogP contribution is -2.43. The highest BCUT2D eigenvalue weighted by Gasteiger charge is 2.31. The zero-order valence-corrected chi connectivity index (χ0v) is 22.7. The Hall–Kier alpha value is -3.91. The zero-order valence-electron chi connectivity index (χ0n) is 22.7. The van der Waals surface area contributed by atoms with Crippen molar-refractivity contribution in [1.29, 1.82) is 0 Å². The van der Waals surface area contributed by atoms with Crippen LogP contribution in [0.1, 0.15) is 52.8 Å². The van der Waals surface area contributed by atoms with Crippen LogP contribution in [0.25, 0.3) is 10.9 Å². The van der Waals surface area contributed by atoms with Crippen molar-refractivity contribution >= 4 is 22.8 Å². The number of carbonyl (C=O) groups is 2. The first-order valence-electron chi connectivity index (χ1n) is 13.7. The van der Waals surface area contributed by atoms with E-state index in [9.17, 15) is 9.59 Å². The van der Waals surface area contributed by atoms with Crippen LogP contribution in [0.3, 0.4) is 0 Å². The van der Waals surface area contributed by atoms with Gasteiger partial charge in [0.05, 0.1) is 19.1 Å². The number of carbonyl (C=O) groups excluding carboxylic acids is 2. The maximum Gasteiger partial charge on any atom is 0.310 e. The second kappa shape index (κ2) is 12.3. The van der Waals surface area contributed by atoms with Crippen molar-refractivity contribution in [2.45, 2.75) is 46.2 Å². The summed E-state index contributed by atoms with van der Waals surface area (Å²) in [6, 6.07) is 16.8. The number of ether oxygens (including phenoxy) is 1. The van der Waals surface area contributed by atoms with Crippen molar-refractivity contribution in [1.82, 2.24) is 19.8 Å². The minimum atomic E-state index is -0.289. The molecule has 0 saturated carbocycles. The Labute approximate surface area is 229 Å². The number of fused-ring (bicyclic) bond motifs is 1. The summed E-state index contributed by atoms with van der Waals surface area (Å²) in [6.07, 6.45) is 5.89. The van der Waals surface area contributed by atoms with Gasteiger partial charge in [0.25, 0.3) is 5.91 Å². The second-order valence-electron chi connectivity index (χ2n) is 10.3. The lowest BCUT2D eigenvalue weighted by atomic mass is 9.98. The van der Waals surface area contributed by atoms with Crippen LogP contribution in [0.15, 0.2) is 65.4 Å². The summed E-state index contributed by atoms with van der Waals surface area (Å²) in [5.41, 5.74) is 5.12. The Bertz CT molecular complexity index is 1420. The molecule has 1 atom stereocenters. The first-order chi connectivity index (χ1) is 19.0. The van der Waals surface area contributed by atoms with Crippen LogP contribution in [-0.2, 0) is 29.0 Å². The summed E-state index contributed by atoms with van der Waals surface area (Å²) in [4.78, 5) is 37.3. The highest BCUT2D eigenvalue weighted by Crippen LogP contribution is 2.22. The number of para-hydroxylation sites is 1. The van der Waals surface area contributed by atoms with E-state index >= 15 is 0 Å². The van der Waals surface area contributed by atoms with Crippen LogP contribution in [0.2, 0.25) is 0 Å². The molecule has 4 aromatic rings. The van der Waals surface area contributed by atoms with Crippen LogP contribution in [0, 0.1) is 12.8 Å². The van der Waals surface area contributed by atoms with Gasteiger partial charge in [0.2, 0.25) is 5.89 Å². The van der Waals surface area contributed by atoms with E-state index in [-0.39, 0.29) is 23.5 Å². The molecule has 0 unspecified atom stereocenters. The maximum atomic E-state index is 13.2. The molecular weight excluding hydrogens is 492 g/mol. The van der Waals surface area contributed by atoms with E-state index in [1.807, 2.05) is 6.07 Å². The van der Waals surface area contributed by atoms with Crippen LogP contribution in [0.4, 0.5) is 0 Å². The molecule has 0 radical (unpaired) electrons. The summed E-state index contributed by atoms with van der Waals surface area (Å²) < 4.78 is 11.0. The Morgan fingerprint density at radius 3 is 2.90 bits per heavy atom. The third-order valence-electron chi connectivity index (χ3n) is 7.32. The average molecular weight is 529 g/mol. The Morgan fingerprint density at radius 2 is 2.05 bits per heavy atom. The Kier molecular flexibility index (Phi) is 8.42. The number of aromatic amines is 1. The number of amides is 1. The van der Waals surface area contributed by atoms with Crippen LogP contribution >= 0.6 is 0 Å². The van der Waals surface area contributed by atoms with Gasteiger partial charge in [0.15, 0.2) is 5.69 Å². The molecule has 1 saturated heterocycles. The fourth-order valence-electron chi connectivity index (χ4n) is 5.35. The number of aromatic nitrogens is 2. The second-order valence-corrected chi connectivity index (χ2v) is 10.3. The van der Waals surface area contributed by atoms with E-state index < -0.39 is 0 Å². The smallest absolute Gasteiger partial charge is 0.310 e. The molecule has 8 nitrogen and oxygen atoms in total. The summed E-state index contributed by atoms with van der Waals surface area (Å²) in [6.45, 7) is 7.20. The van der Waals surface area contributed by atoms with Gasteiger partial charge in [-0.15, -0.1) is 0 Å². The number of H-pyrrole nitrogens is 1. The highest BCUT2D eigenvalue weighted by molar-refractivity contribution is 5.92. The molecule has 1 amide bonds. The molecular formula is C31H36N4O4. The SMILES string of the molecule is CCOC(=O)[C@H]1CCCN(C(=O)c2coc(CN(CCc3c[nH]c4ccccc34)Cc3cccc(C)c3)n2)C1. The van der Waals surface area contributed by atoms with Gasteiger partial charge in [-0.3, -0.25) is 14.5 Å². The molecule has 39 heavy (non-hydrogen) atoms. The van der Waals surface area contributed by atoms with Crippen LogP contribution in [0.5, 0.6) is 0 Å². The van der Waals surface area contributed by atoms with Crippen molar-refractivity contribution < 1.29 is 18.7 Å². The number of aryl methyl sites for hydroxylation is 1. The summed E-state index contributed by atoms with van der Waals surface area (Å²) in [7, 11) is 0. The number of rotatable bonds is 10. The average Bonchev–Trinajstić information content (AvgIpc) is 3.59. The predicted molar refractivity (Wildman–Crippen MR) is 149 cm³/mol. The van der Waals surface area contributed by atoms with Gasteiger partial charge in [-0.1, -0.05) is 48.0 Å². The normalized spacial score (nSPS) is 15.7. The van der Waals surface area contributed by atoms with Crippen molar-refractivity contribution in [2.24, 2.45) is 5.92 Å². The third kappa shape index (κ3) is 6.57. The van der Waals surface area contributed by atoms with Gasteiger partial charge < -0.3 is 19.0 Å². The molecule has 0 spiro atoms. The molecule has 2 aromatic carbocycles. The van der Waals surface area contributed by atoms with Gasteiger partial charge in [0.1, 0.15) is 6.26 Å². The molecule has 5 rings (SSSR count). The zero-order chi connectivity index (χ0) is 27.2. The van der Waals surface area contributed by atoms with Crippen molar-refractivity contribution in [3.63, 3.8) is 0 Å². The Balaban J connectivity index is 1.28. The van der Waals surface area contributed by atoms with E-state index in [2.05, 4.69) is 70.5 Å². The van der Waals surface area contributed by atoms with E-state index in [1.54, 1.807) is 11.8 Å². The number of nitrogens with zero attached hydrogens (tertiary/aromatic N) is 3. The van der Waals surface area contributed by atoms with Crippen molar-refractivity contribution in [2.75, 3.05) is 26.2 Å². The first-order valence-corrected chi connectivity index (χ1v) is 13.7. The van der Waals surface area contributed by atoms with E-state index in [0.29, 0.717) is 32.1 Å². The summed E-state index contributed by atoms with van der Waals surface area (Å²) in [5.74, 6) is -0.229. The standard InChI is InChI=1S/C31H36N4O4/c1-3-38-31(37)25-10-7-14-35(19-25)30(36)28-21-39-29(33-28)20-34(18-23-9-6-8-22(2)16-23)15-13-24-17-32-27-12-5-4-11-26(24)27/h4-6,8-9,11-12,16-17,21,25,32H,3,7,10,13-15,18-20H2,1-2H3/t25-/m0/s1. The summed E-state index contributed by atoms with van der Waals surface area (Å²) >= 11 is 0. The van der Waals surface area contributed by atoms with Gasteiger partial charge in [-0.05, 0) is 50.3 Å². The molecule has 0 bridgehead atoms. The molecule has 1 aliphatic rings. The van der Waals surface area contributed by atoms with E-state index in [1.165, 1.54) is 28.3 Å². The minimum Gasteiger partial charge on any atom is -0.466 e. The number of hydrogen-bond acceptors (Lipinski definition) is 6. The first kappa shape index (κ1) is 26.7. The lowest BCUT2D eigenvalue weighted by molar-refractivity contribution is -0.149. The van der Waals surface area contributed by atoms with E-state index in [0.717, 1.165) is 37.9 Å². The largest absolute Gasteiger partial charge is 0.466 e. The van der Waals surface area contributed by atoms with Crippen molar-refractivity contribution in [3.8, 4) is 0 Å². The number of nitrogens with one attached hydrogen (secondary N) is 1. The molecule has 204 valence electrons. The van der Waals surface area contributed by atoms with E-state index in [4.69, 9.17) is 9.15 Å². The lowest BCUT2D eigenvalue weighted by Gasteiger charge is -2.30. The molecule has 3 heterocycles. The third-order valence-corrected chi connectivity index (χ3v) is 7.32. The number of esters is 1. The maximum absolute atomic E-state index is 13.2. The minimum absolute atomic E-state index is 0.206. The number of benzene rings is 2. The van der Waals surface area contributed by atoms with Gasteiger partial charge in [-0.25, -0.2) is 4.98 Å². The topological polar surface area (TPSA) is 91.7 Å². The fourth-order valence-corrected chi connectivity index (χ4v) is 5.35. The number of likely N-dealkylation sites (tertiary alicyclic amines) is 1. The van der Waals surface area contributed by atoms with Crippen molar-refractivity contribution in [3.05, 3.63) is 89.3 Å². The molecule has 1 N–H and O–H groups in total. The number of hydrogen-bond donors (Lipinski definition) is 1. The number of oxazole rings is 1. The molecule has 8 heteroatoms. The van der Waals surface area contributed by atoms with Gasteiger partial charge in [-0.2, -0.15) is 0 Å². The van der Waals surface area contributed by atoms with Crippen LogP contribution in [-0.4, -0.2) is 57.9 Å². The van der Waals surface area contributed by atoms with Crippen LogP contribution < -0.4 is 0 Å². The highest BCUT2D eigenvalue weighted by atomic mass is 16.5. The molecule has 1 aliphatic heterocycles. The summed E-state index contributed by atoms with van der Waals surface area (Å²) in [5, 5.41) is 1.24. The fraction of sp³-hybridized carbons (Fsp3) is 0.387. The quantitative estimate of drug-likeness (QED) is 0.287. The van der Waals surface area contributed by atoms with Gasteiger partial charge in [0, 0.05) is 43.3 Å².